The van der Waals surface area contributed by atoms with Crippen molar-refractivity contribution in [3.8, 4) is 0 Å². The van der Waals surface area contributed by atoms with Gasteiger partial charge in [0.2, 0.25) is 11.8 Å². The molecule has 25 nitrogen and oxygen atoms in total. The van der Waals surface area contributed by atoms with Crippen LogP contribution in [-0.2, 0) is 50.7 Å². The number of rotatable bonds is 41. The molecule has 0 saturated carbocycles. The monoisotopic (exact) mass is 1130 g/mol. The normalized spacial score (nSPS) is 19.8. The smallest absolute Gasteiger partial charge is 0.274 e. The van der Waals surface area contributed by atoms with E-state index in [0.717, 1.165) is 48.2 Å². The van der Waals surface area contributed by atoms with Crippen molar-refractivity contribution < 1.29 is 85.6 Å². The van der Waals surface area contributed by atoms with Crippen LogP contribution in [0.25, 0.3) is 11.2 Å². The number of imidazole rings is 1. The second-order valence-corrected chi connectivity index (χ2v) is 24.4. The Labute approximate surface area is 438 Å². The molecule has 426 valence electrons. The molecular weight excluding hydrogens is 1050 g/mol. The van der Waals surface area contributed by atoms with Crippen LogP contribution in [0.1, 0.15) is 168 Å². The molecule has 8 atom stereocenters. The number of aliphatic hydroxyl groups is 3. The number of hydrogen-bond donors (Lipinski definition) is 6. The largest absolute Gasteiger partial charge is 0.790 e. The van der Waals surface area contributed by atoms with E-state index in [9.17, 15) is 63.0 Å². The zero-order chi connectivity index (χ0) is 54.8. The molecule has 1 saturated heterocycles. The zero-order valence-electron chi connectivity index (χ0n) is 42.8. The molecule has 3 rings (SSSR count). The van der Waals surface area contributed by atoms with Crippen LogP contribution in [0.4, 0.5) is 5.82 Å². The molecule has 3 heterocycles. The van der Waals surface area contributed by atoms with Crippen LogP contribution in [0.15, 0.2) is 12.7 Å². The Morgan fingerprint density at radius 2 is 1.38 bits per heavy atom. The number of carbonyl (C=O) groups excluding carboxylic acids is 3. The van der Waals surface area contributed by atoms with Crippen LogP contribution in [0.5, 0.6) is 0 Å². The molecule has 1 aliphatic rings. The summed E-state index contributed by atoms with van der Waals surface area (Å²) in [5.74, 6) is -1.32. The first-order valence-corrected chi connectivity index (χ1v) is 31.0. The fraction of sp³-hybridized carbons (Fsp3) is 0.822. The lowest BCUT2D eigenvalue weighted by Gasteiger charge is -2.36. The van der Waals surface area contributed by atoms with Gasteiger partial charge in [0.15, 0.2) is 22.8 Å². The van der Waals surface area contributed by atoms with Gasteiger partial charge in [0.05, 0.1) is 33.5 Å². The fourth-order valence-corrected chi connectivity index (χ4v) is 11.6. The predicted molar refractivity (Wildman–Crippen MR) is 267 cm³/mol. The molecule has 2 aromatic heterocycles. The fourth-order valence-electron chi connectivity index (χ4n) is 8.08. The lowest BCUT2D eigenvalue weighted by Crippen LogP contribution is -2.46. The van der Waals surface area contributed by atoms with Crippen molar-refractivity contribution in [2.45, 2.75) is 199 Å². The minimum absolute atomic E-state index is 0.0179. The number of thioether (sulfide) groups is 1. The number of carbonyl (C=O) groups is 3. The number of ether oxygens (including phenoxy) is 1. The van der Waals surface area contributed by atoms with Gasteiger partial charge >= 0.3 is 0 Å². The van der Waals surface area contributed by atoms with Crippen molar-refractivity contribution >= 4 is 69.1 Å². The SMILES string of the molecule is CCCCCCCCCCCCCCCCCCCCC[C@@H](O)CC(=O)SCCNC(=O)CCNC(=O)[C@H](O)C(C)(C)COP(=O)([O-])OP(=O)([O-])OC[C@H]1O[C@@H](n2cnc3c(N)ncnc32)[C@H](O)[C@@H]1OP(=O)([O-])[O-]. The maximum atomic E-state index is 12.7. The van der Waals surface area contributed by atoms with Gasteiger partial charge in [-0.3, -0.25) is 28.1 Å². The van der Waals surface area contributed by atoms with Gasteiger partial charge in [0.25, 0.3) is 15.6 Å². The Bertz CT molecular complexity index is 2140. The van der Waals surface area contributed by atoms with Crippen molar-refractivity contribution in [3.05, 3.63) is 12.7 Å². The first kappa shape index (κ1) is 65.8. The molecule has 1 fully saturated rings. The quantitative estimate of drug-likeness (QED) is 0.0408. The number of aromatic nitrogens is 4. The molecule has 29 heteroatoms. The van der Waals surface area contributed by atoms with Crippen LogP contribution in [0.3, 0.4) is 0 Å². The molecule has 2 aromatic rings. The minimum atomic E-state index is -5.93. The number of nitrogens with two attached hydrogens (primary N) is 1. The van der Waals surface area contributed by atoms with Crippen molar-refractivity contribution in [3.63, 3.8) is 0 Å². The highest BCUT2D eigenvalue weighted by atomic mass is 32.2. The highest BCUT2D eigenvalue weighted by Crippen LogP contribution is 2.56. The molecular formula is C45H78N7O18P3S-4. The Morgan fingerprint density at radius 1 is 0.824 bits per heavy atom. The molecule has 0 bridgehead atoms. The second-order valence-electron chi connectivity index (χ2n) is 19.2. The van der Waals surface area contributed by atoms with E-state index < -0.39 is 90.7 Å². The van der Waals surface area contributed by atoms with Gasteiger partial charge in [-0.25, -0.2) is 19.3 Å². The van der Waals surface area contributed by atoms with E-state index in [-0.39, 0.29) is 53.8 Å². The van der Waals surface area contributed by atoms with Gasteiger partial charge in [0, 0.05) is 37.1 Å². The molecule has 0 aromatic carbocycles. The molecule has 74 heavy (non-hydrogen) atoms. The Balaban J connectivity index is 1.24. The Morgan fingerprint density at radius 3 is 1.95 bits per heavy atom. The van der Waals surface area contributed by atoms with Crippen molar-refractivity contribution in [2.75, 3.05) is 37.8 Å². The number of phosphoric acid groups is 3. The van der Waals surface area contributed by atoms with E-state index >= 15 is 0 Å². The summed E-state index contributed by atoms with van der Waals surface area (Å²) >= 11 is 0.993. The number of nitrogens with zero attached hydrogens (tertiary/aromatic N) is 4. The van der Waals surface area contributed by atoms with Crippen LogP contribution < -0.4 is 35.9 Å². The summed E-state index contributed by atoms with van der Waals surface area (Å²) < 4.78 is 60.9. The number of nitrogen functional groups attached to an aromatic ring is 1. The predicted octanol–water partition coefficient (Wildman–Crippen LogP) is 3.71. The summed E-state index contributed by atoms with van der Waals surface area (Å²) in [7, 11) is -17.6. The molecule has 0 aliphatic carbocycles. The third kappa shape index (κ3) is 25.8. The molecule has 2 amide bonds. The summed E-state index contributed by atoms with van der Waals surface area (Å²) in [6.45, 7) is 2.27. The first-order chi connectivity index (χ1) is 34.9. The topological polar surface area (TPSA) is 395 Å². The molecule has 0 radical (unpaired) electrons. The van der Waals surface area contributed by atoms with Gasteiger partial charge in [-0.1, -0.05) is 155 Å². The molecule has 1 aliphatic heterocycles. The van der Waals surface area contributed by atoms with Crippen molar-refractivity contribution in [1.29, 1.82) is 0 Å². The third-order valence-electron chi connectivity index (χ3n) is 12.3. The van der Waals surface area contributed by atoms with Crippen LogP contribution in [-0.4, -0.2) is 114 Å². The first-order valence-electron chi connectivity index (χ1n) is 25.6. The summed E-state index contributed by atoms with van der Waals surface area (Å²) in [5, 5.41) is 36.5. The number of fused-ring (bicyclic) bond motifs is 1. The standard InChI is InChI=1S/C45H82N7O18P3S/c1-4-5-6-7-8-9-10-11-12-13-14-15-16-17-18-19-20-21-22-23-33(53)28-36(55)74-27-26-47-35(54)24-25-48-43(58)40(57)45(2,3)30-67-73(64,65)70-72(62,63)66-29-34-39(69-71(59,60)61)38(56)44(68-34)52-32-51-37-41(46)49-31-50-42(37)52/h31-34,38-40,44,53,56-57H,4-30H2,1-3H3,(H,47,54)(H,48,58)(H,62,63)(H,64,65)(H2,46,49,50)(H2,59,60,61)/p-4/t33-,34-,38-,39-,40+,44-/m1/s1. The van der Waals surface area contributed by atoms with Gasteiger partial charge in [-0.05, 0) is 6.42 Å². The Kier molecular flexibility index (Phi) is 30.0. The molecule has 7 N–H and O–H groups in total. The Hall–Kier alpha value is -2.48. The summed E-state index contributed by atoms with van der Waals surface area (Å²) in [4.78, 5) is 97.2. The maximum absolute atomic E-state index is 12.7. The number of aliphatic hydroxyl groups excluding tert-OH is 3. The van der Waals surface area contributed by atoms with Crippen LogP contribution in [0.2, 0.25) is 0 Å². The highest BCUT2D eigenvalue weighted by Gasteiger charge is 2.47. The lowest BCUT2D eigenvalue weighted by atomic mass is 9.87. The average molecular weight is 1130 g/mol. The molecule has 0 spiro atoms. The van der Waals surface area contributed by atoms with Gasteiger partial charge in [0.1, 0.15) is 36.3 Å². The number of nitrogens with one attached hydrogen (secondary N) is 2. The van der Waals surface area contributed by atoms with Gasteiger partial charge in [-0.2, -0.15) is 0 Å². The van der Waals surface area contributed by atoms with Crippen molar-refractivity contribution in [1.82, 2.24) is 30.2 Å². The third-order valence-corrected chi connectivity index (χ3v) is 16.2. The van der Waals surface area contributed by atoms with Crippen LogP contribution >= 0.6 is 35.2 Å². The number of unbranched alkanes of at least 4 members (excludes halogenated alkanes) is 18. The maximum Gasteiger partial charge on any atom is 0.274 e. The van der Waals surface area contributed by atoms with E-state index in [4.69, 9.17) is 10.5 Å². The lowest BCUT2D eigenvalue weighted by molar-refractivity contribution is -0.347. The summed E-state index contributed by atoms with van der Waals surface area (Å²) in [6.07, 6.45) is 16.5. The zero-order valence-corrected chi connectivity index (χ0v) is 46.3. The second kappa shape index (κ2) is 33.7. The van der Waals surface area contributed by atoms with Crippen molar-refractivity contribution in [2.24, 2.45) is 5.41 Å². The van der Waals surface area contributed by atoms with E-state index in [2.05, 4.69) is 50.4 Å². The van der Waals surface area contributed by atoms with E-state index in [0.29, 0.717) is 6.42 Å². The van der Waals surface area contributed by atoms with Crippen LogP contribution in [0, 0.1) is 5.41 Å². The summed E-state index contributed by atoms with van der Waals surface area (Å²) in [5.41, 5.74) is 4.07. The number of hydrogen-bond acceptors (Lipinski definition) is 23. The molecule has 2 unspecified atom stereocenters. The highest BCUT2D eigenvalue weighted by molar-refractivity contribution is 8.13. The average Bonchev–Trinajstić information content (AvgIpc) is 3.89. The van der Waals surface area contributed by atoms with E-state index in [1.807, 2.05) is 0 Å². The van der Waals surface area contributed by atoms with E-state index in [1.165, 1.54) is 117 Å². The van der Waals surface area contributed by atoms with Gasteiger partial charge < -0.3 is 74.1 Å². The minimum Gasteiger partial charge on any atom is -0.790 e. The number of anilines is 1. The number of amides is 2. The summed E-state index contributed by atoms with van der Waals surface area (Å²) in [6, 6.07) is 0. The van der Waals surface area contributed by atoms with Gasteiger partial charge in [-0.15, -0.1) is 0 Å². The van der Waals surface area contributed by atoms with E-state index in [1.54, 1.807) is 0 Å². The number of phosphoric ester groups is 3.